The van der Waals surface area contributed by atoms with Crippen LogP contribution >= 0.6 is 11.8 Å². The van der Waals surface area contributed by atoms with E-state index < -0.39 is 0 Å². The lowest BCUT2D eigenvalue weighted by molar-refractivity contribution is -0.385. The van der Waals surface area contributed by atoms with E-state index in [1.54, 1.807) is 30.0 Å². The summed E-state index contributed by atoms with van der Waals surface area (Å²) < 4.78 is 0. The van der Waals surface area contributed by atoms with Gasteiger partial charge in [0, 0.05) is 22.3 Å². The topological polar surface area (TPSA) is 43.1 Å². The number of rotatable bonds is 5. The molecule has 15 heavy (non-hydrogen) atoms. The number of benzene rings is 1. The third kappa shape index (κ3) is 2.83. The predicted octanol–water partition coefficient (Wildman–Crippen LogP) is 3.44. The number of nitrogens with zero attached hydrogens (tertiary/aromatic N) is 1. The summed E-state index contributed by atoms with van der Waals surface area (Å²) in [7, 11) is 0. The molecule has 1 aromatic carbocycles. The van der Waals surface area contributed by atoms with Gasteiger partial charge in [0.1, 0.15) is 0 Å². The van der Waals surface area contributed by atoms with E-state index in [9.17, 15) is 10.1 Å². The molecule has 1 rings (SSSR count). The minimum Gasteiger partial charge on any atom is -0.258 e. The zero-order valence-corrected chi connectivity index (χ0v) is 9.42. The third-order valence-electron chi connectivity index (χ3n) is 2.02. The summed E-state index contributed by atoms with van der Waals surface area (Å²) in [5.74, 6) is 0.772. The highest BCUT2D eigenvalue weighted by Gasteiger charge is 2.15. The number of hydrogen-bond acceptors (Lipinski definition) is 3. The largest absolute Gasteiger partial charge is 0.273 e. The van der Waals surface area contributed by atoms with Crippen molar-refractivity contribution in [1.82, 2.24) is 0 Å². The summed E-state index contributed by atoms with van der Waals surface area (Å²) in [5.41, 5.74) is 1.03. The predicted molar refractivity (Wildman–Crippen MR) is 63.4 cm³/mol. The quantitative estimate of drug-likeness (QED) is 0.332. The molecule has 0 saturated carbocycles. The van der Waals surface area contributed by atoms with Gasteiger partial charge in [-0.2, -0.15) is 0 Å². The summed E-state index contributed by atoms with van der Waals surface area (Å²) >= 11 is 1.58. The molecule has 0 atom stereocenters. The van der Waals surface area contributed by atoms with Crippen LogP contribution in [-0.4, -0.2) is 10.7 Å². The molecule has 3 nitrogen and oxygen atoms in total. The Kier molecular flexibility index (Phi) is 4.37. The van der Waals surface area contributed by atoms with E-state index in [0.29, 0.717) is 6.42 Å². The van der Waals surface area contributed by atoms with E-state index in [1.807, 2.05) is 13.0 Å². The fourth-order valence-electron chi connectivity index (χ4n) is 1.36. The maximum Gasteiger partial charge on any atom is 0.273 e. The summed E-state index contributed by atoms with van der Waals surface area (Å²) in [6, 6.07) is 5.19. The second-order valence-electron chi connectivity index (χ2n) is 2.96. The van der Waals surface area contributed by atoms with Crippen molar-refractivity contribution in [2.24, 2.45) is 0 Å². The molecule has 0 unspecified atom stereocenters. The monoisotopic (exact) mass is 223 g/mol. The second kappa shape index (κ2) is 5.56. The SMILES string of the molecule is C=CCSc1cccc([N+](=O)[O-])c1CC. The van der Waals surface area contributed by atoms with Gasteiger partial charge >= 0.3 is 0 Å². The number of nitro groups is 1. The molecular weight excluding hydrogens is 210 g/mol. The zero-order chi connectivity index (χ0) is 11.3. The van der Waals surface area contributed by atoms with Crippen molar-refractivity contribution in [1.29, 1.82) is 0 Å². The number of hydrogen-bond donors (Lipinski definition) is 0. The first-order chi connectivity index (χ1) is 7.20. The second-order valence-corrected chi connectivity index (χ2v) is 4.03. The number of thioether (sulfide) groups is 1. The van der Waals surface area contributed by atoms with Crippen molar-refractivity contribution in [2.75, 3.05) is 5.75 Å². The van der Waals surface area contributed by atoms with Gasteiger partial charge in [-0.15, -0.1) is 18.3 Å². The average molecular weight is 223 g/mol. The first-order valence-corrected chi connectivity index (χ1v) is 5.69. The highest BCUT2D eigenvalue weighted by atomic mass is 32.2. The van der Waals surface area contributed by atoms with Crippen molar-refractivity contribution in [3.8, 4) is 0 Å². The third-order valence-corrected chi connectivity index (χ3v) is 3.11. The molecular formula is C11H13NO2S. The Labute approximate surface area is 93.3 Å². The molecule has 0 spiro atoms. The van der Waals surface area contributed by atoms with Gasteiger partial charge < -0.3 is 0 Å². The highest BCUT2D eigenvalue weighted by molar-refractivity contribution is 7.99. The van der Waals surface area contributed by atoms with E-state index in [0.717, 1.165) is 16.2 Å². The van der Waals surface area contributed by atoms with Crippen LogP contribution in [0.15, 0.2) is 35.7 Å². The normalized spacial score (nSPS) is 9.93. The molecule has 0 aliphatic carbocycles. The van der Waals surface area contributed by atoms with Crippen molar-refractivity contribution >= 4 is 17.4 Å². The van der Waals surface area contributed by atoms with Gasteiger partial charge in [0.2, 0.25) is 0 Å². The lowest BCUT2D eigenvalue weighted by atomic mass is 10.1. The van der Waals surface area contributed by atoms with Crippen molar-refractivity contribution < 1.29 is 4.92 Å². The molecule has 0 bridgehead atoms. The van der Waals surface area contributed by atoms with Crippen LogP contribution in [0.5, 0.6) is 0 Å². The van der Waals surface area contributed by atoms with Crippen molar-refractivity contribution in [3.05, 3.63) is 46.5 Å². The average Bonchev–Trinajstić information content (AvgIpc) is 2.25. The van der Waals surface area contributed by atoms with Crippen LogP contribution in [0.4, 0.5) is 5.69 Å². The van der Waals surface area contributed by atoms with E-state index in [1.165, 1.54) is 0 Å². The van der Waals surface area contributed by atoms with Crippen molar-refractivity contribution in [2.45, 2.75) is 18.2 Å². The summed E-state index contributed by atoms with van der Waals surface area (Å²) in [4.78, 5) is 11.4. The van der Waals surface area contributed by atoms with Gasteiger partial charge in [0.25, 0.3) is 5.69 Å². The Morgan fingerprint density at radius 2 is 2.33 bits per heavy atom. The van der Waals surface area contributed by atoms with Crippen LogP contribution in [0, 0.1) is 10.1 Å². The fraction of sp³-hybridized carbons (Fsp3) is 0.273. The standard InChI is InChI=1S/C11H13NO2S/c1-3-8-15-11-7-5-6-10(12(13)14)9(11)4-2/h3,5-7H,1,4,8H2,2H3. The summed E-state index contributed by atoms with van der Waals surface area (Å²) in [5, 5.41) is 10.8. The van der Waals surface area contributed by atoms with Gasteiger partial charge in [-0.25, -0.2) is 0 Å². The molecule has 0 aliphatic heterocycles. The van der Waals surface area contributed by atoms with Crippen LogP contribution in [-0.2, 0) is 6.42 Å². The molecule has 0 aromatic heterocycles. The van der Waals surface area contributed by atoms with Gasteiger partial charge in [0.15, 0.2) is 0 Å². The summed E-state index contributed by atoms with van der Waals surface area (Å²) in [6.45, 7) is 5.56. The Bertz CT molecular complexity index is 377. The minimum absolute atomic E-state index is 0.214. The van der Waals surface area contributed by atoms with Crippen LogP contribution in [0.1, 0.15) is 12.5 Å². The number of nitro benzene ring substituents is 1. The lowest BCUT2D eigenvalue weighted by Gasteiger charge is -2.06. The van der Waals surface area contributed by atoms with E-state index in [2.05, 4.69) is 6.58 Å². The van der Waals surface area contributed by atoms with Gasteiger partial charge in [-0.3, -0.25) is 10.1 Å². The Morgan fingerprint density at radius 1 is 1.60 bits per heavy atom. The van der Waals surface area contributed by atoms with E-state index in [-0.39, 0.29) is 10.6 Å². The van der Waals surface area contributed by atoms with Crippen LogP contribution in [0.3, 0.4) is 0 Å². The Hall–Kier alpha value is -1.29. The molecule has 0 radical (unpaired) electrons. The molecule has 0 fully saturated rings. The highest BCUT2D eigenvalue weighted by Crippen LogP contribution is 2.30. The van der Waals surface area contributed by atoms with Gasteiger partial charge in [0.05, 0.1) is 4.92 Å². The molecule has 4 heteroatoms. The van der Waals surface area contributed by atoms with E-state index in [4.69, 9.17) is 0 Å². The van der Waals surface area contributed by atoms with E-state index >= 15 is 0 Å². The molecule has 0 N–H and O–H groups in total. The first-order valence-electron chi connectivity index (χ1n) is 4.70. The molecule has 0 saturated heterocycles. The van der Waals surface area contributed by atoms with Crippen LogP contribution in [0.25, 0.3) is 0 Å². The fourth-order valence-corrected chi connectivity index (χ4v) is 2.26. The lowest BCUT2D eigenvalue weighted by Crippen LogP contribution is -1.96. The van der Waals surface area contributed by atoms with Crippen LogP contribution < -0.4 is 0 Å². The Balaban J connectivity index is 3.09. The minimum atomic E-state index is -0.323. The van der Waals surface area contributed by atoms with Gasteiger partial charge in [-0.05, 0) is 12.5 Å². The molecule has 0 amide bonds. The zero-order valence-electron chi connectivity index (χ0n) is 8.60. The smallest absolute Gasteiger partial charge is 0.258 e. The summed E-state index contributed by atoms with van der Waals surface area (Å²) in [6.07, 6.45) is 2.47. The maximum absolute atomic E-state index is 10.8. The molecule has 80 valence electrons. The van der Waals surface area contributed by atoms with Crippen molar-refractivity contribution in [3.63, 3.8) is 0 Å². The molecule has 0 heterocycles. The Morgan fingerprint density at radius 3 is 2.87 bits per heavy atom. The molecule has 1 aromatic rings. The van der Waals surface area contributed by atoms with Crippen LogP contribution in [0.2, 0.25) is 0 Å². The molecule has 0 aliphatic rings. The maximum atomic E-state index is 10.8. The first kappa shape index (κ1) is 11.8. The van der Waals surface area contributed by atoms with Gasteiger partial charge in [-0.1, -0.05) is 19.1 Å².